The molecule has 0 aliphatic heterocycles. The van der Waals surface area contributed by atoms with Gasteiger partial charge in [0.1, 0.15) is 0 Å². The van der Waals surface area contributed by atoms with Crippen LogP contribution in [0.25, 0.3) is 0 Å². The number of nitrogens with zero attached hydrogens (tertiary/aromatic N) is 1. The number of nitrogens with one attached hydrogen (secondary N) is 1. The summed E-state index contributed by atoms with van der Waals surface area (Å²) in [5, 5.41) is 13.1. The van der Waals surface area contributed by atoms with Crippen LogP contribution in [0.1, 0.15) is 27.6 Å². The number of hydrogen-bond acceptors (Lipinski definition) is 5. The number of carbonyl (C=O) groups excluding carboxylic acids is 2. The molecule has 0 saturated heterocycles. The molecule has 1 amide bonds. The van der Waals surface area contributed by atoms with Gasteiger partial charge in [-0.05, 0) is 13.0 Å². The van der Waals surface area contributed by atoms with E-state index in [9.17, 15) is 19.7 Å². The lowest BCUT2D eigenvalue weighted by Crippen LogP contribution is -2.19. The van der Waals surface area contributed by atoms with Crippen LogP contribution in [0.5, 0.6) is 0 Å². The van der Waals surface area contributed by atoms with E-state index < -0.39 is 16.8 Å². The van der Waals surface area contributed by atoms with Gasteiger partial charge in [-0.15, -0.1) is 0 Å². The summed E-state index contributed by atoms with van der Waals surface area (Å²) in [5.41, 5.74) is -0.321. The minimum Gasteiger partial charge on any atom is -0.462 e. The van der Waals surface area contributed by atoms with E-state index in [0.717, 1.165) is 12.1 Å². The van der Waals surface area contributed by atoms with Crippen LogP contribution in [0, 0.1) is 10.1 Å². The van der Waals surface area contributed by atoms with Gasteiger partial charge >= 0.3 is 5.97 Å². The summed E-state index contributed by atoms with van der Waals surface area (Å²) >= 11 is 0. The molecule has 0 aliphatic rings. The molecule has 1 N–H and O–H groups in total. The van der Waals surface area contributed by atoms with Crippen LogP contribution in [0.2, 0.25) is 0 Å². The van der Waals surface area contributed by atoms with Gasteiger partial charge in [-0.3, -0.25) is 14.9 Å². The minimum absolute atomic E-state index is 0.0235. The van der Waals surface area contributed by atoms with E-state index in [1.54, 1.807) is 6.92 Å². The van der Waals surface area contributed by atoms with E-state index in [1.165, 1.54) is 13.1 Å². The molecule has 0 aromatic heterocycles. The van der Waals surface area contributed by atoms with Crippen molar-refractivity contribution < 1.29 is 19.2 Å². The Morgan fingerprint density at radius 3 is 2.44 bits per heavy atom. The predicted molar refractivity (Wildman–Crippen MR) is 62.4 cm³/mol. The molecule has 0 unspecified atom stereocenters. The molecule has 1 rings (SSSR count). The Morgan fingerprint density at radius 1 is 1.33 bits per heavy atom. The lowest BCUT2D eigenvalue weighted by atomic mass is 10.1. The number of hydrogen-bond donors (Lipinski definition) is 1. The Bertz CT molecular complexity index is 498. The molecule has 0 bridgehead atoms. The summed E-state index contributed by atoms with van der Waals surface area (Å²) < 4.78 is 4.74. The molecule has 96 valence electrons. The Morgan fingerprint density at radius 2 is 1.94 bits per heavy atom. The topological polar surface area (TPSA) is 98.5 Å². The minimum atomic E-state index is -0.702. The normalized spacial score (nSPS) is 9.67. The first kappa shape index (κ1) is 13.6. The highest BCUT2D eigenvalue weighted by molar-refractivity contribution is 5.98. The van der Waals surface area contributed by atoms with Gasteiger partial charge in [0.2, 0.25) is 0 Å². The SMILES string of the molecule is CCOC(=O)c1cc(C(=O)NC)cc([N+](=O)[O-])c1. The van der Waals surface area contributed by atoms with Crippen LogP contribution in [0.15, 0.2) is 18.2 Å². The maximum atomic E-state index is 11.5. The molecule has 0 aliphatic carbocycles. The molecule has 7 nitrogen and oxygen atoms in total. The molecule has 0 heterocycles. The van der Waals surface area contributed by atoms with Crippen LogP contribution in [-0.4, -0.2) is 30.5 Å². The van der Waals surface area contributed by atoms with Crippen molar-refractivity contribution in [3.63, 3.8) is 0 Å². The second kappa shape index (κ2) is 5.76. The third kappa shape index (κ3) is 3.03. The maximum absolute atomic E-state index is 11.5. The van der Waals surface area contributed by atoms with E-state index in [0.29, 0.717) is 0 Å². The Hall–Kier alpha value is -2.44. The molecule has 0 atom stereocenters. The quantitative estimate of drug-likeness (QED) is 0.492. The highest BCUT2D eigenvalue weighted by atomic mass is 16.6. The number of ether oxygens (including phenoxy) is 1. The number of nitro benzene ring substituents is 1. The van der Waals surface area contributed by atoms with Crippen molar-refractivity contribution >= 4 is 17.6 Å². The zero-order valence-electron chi connectivity index (χ0n) is 9.93. The molecule has 1 aromatic carbocycles. The Kier molecular flexibility index (Phi) is 4.36. The van der Waals surface area contributed by atoms with Crippen LogP contribution in [0.3, 0.4) is 0 Å². The molecule has 0 fully saturated rings. The number of non-ortho nitro benzene ring substituents is 1. The van der Waals surface area contributed by atoms with Crippen molar-refractivity contribution in [2.24, 2.45) is 0 Å². The van der Waals surface area contributed by atoms with Gasteiger partial charge < -0.3 is 10.1 Å². The van der Waals surface area contributed by atoms with Crippen molar-refractivity contribution in [3.8, 4) is 0 Å². The summed E-state index contributed by atoms with van der Waals surface area (Å²) in [6.45, 7) is 1.77. The average Bonchev–Trinajstić information content (AvgIpc) is 2.37. The number of rotatable bonds is 4. The van der Waals surface area contributed by atoms with E-state index >= 15 is 0 Å². The van der Waals surface area contributed by atoms with E-state index in [1.807, 2.05) is 0 Å². The molecular formula is C11H12N2O5. The summed E-state index contributed by atoms with van der Waals surface area (Å²) in [7, 11) is 1.39. The third-order valence-corrected chi connectivity index (χ3v) is 2.13. The van der Waals surface area contributed by atoms with Gasteiger partial charge in [0.15, 0.2) is 0 Å². The Labute approximate surface area is 103 Å². The standard InChI is InChI=1S/C11H12N2O5/c1-3-18-11(15)8-4-7(10(14)12-2)5-9(6-8)13(16)17/h4-6H,3H2,1-2H3,(H,12,14). The van der Waals surface area contributed by atoms with E-state index in [-0.39, 0.29) is 23.4 Å². The summed E-state index contributed by atoms with van der Waals surface area (Å²) in [4.78, 5) is 33.0. The van der Waals surface area contributed by atoms with Gasteiger partial charge in [0.25, 0.3) is 11.6 Å². The molecule has 0 saturated carbocycles. The lowest BCUT2D eigenvalue weighted by molar-refractivity contribution is -0.384. The summed E-state index contributed by atoms with van der Waals surface area (Å²) in [5.74, 6) is -1.21. The average molecular weight is 252 g/mol. The highest BCUT2D eigenvalue weighted by Gasteiger charge is 2.17. The van der Waals surface area contributed by atoms with Gasteiger partial charge in [0.05, 0.1) is 17.1 Å². The number of nitro groups is 1. The van der Waals surface area contributed by atoms with Crippen molar-refractivity contribution in [2.45, 2.75) is 6.92 Å². The molecule has 0 radical (unpaired) electrons. The van der Waals surface area contributed by atoms with Crippen molar-refractivity contribution in [1.82, 2.24) is 5.32 Å². The van der Waals surface area contributed by atoms with Gasteiger partial charge in [-0.2, -0.15) is 0 Å². The maximum Gasteiger partial charge on any atom is 0.338 e. The fraction of sp³-hybridized carbons (Fsp3) is 0.273. The van der Waals surface area contributed by atoms with Gasteiger partial charge in [0, 0.05) is 24.7 Å². The molecular weight excluding hydrogens is 240 g/mol. The fourth-order valence-corrected chi connectivity index (χ4v) is 1.32. The first-order valence-corrected chi connectivity index (χ1v) is 5.18. The zero-order chi connectivity index (χ0) is 13.7. The number of benzene rings is 1. The van der Waals surface area contributed by atoms with E-state index in [2.05, 4.69) is 5.32 Å². The van der Waals surface area contributed by atoms with Crippen molar-refractivity contribution in [1.29, 1.82) is 0 Å². The van der Waals surface area contributed by atoms with Gasteiger partial charge in [-0.1, -0.05) is 0 Å². The van der Waals surface area contributed by atoms with Crippen LogP contribution >= 0.6 is 0 Å². The number of esters is 1. The third-order valence-electron chi connectivity index (χ3n) is 2.13. The highest BCUT2D eigenvalue weighted by Crippen LogP contribution is 2.18. The van der Waals surface area contributed by atoms with Crippen LogP contribution < -0.4 is 5.32 Å². The van der Waals surface area contributed by atoms with Gasteiger partial charge in [-0.25, -0.2) is 4.79 Å². The van der Waals surface area contributed by atoms with Crippen molar-refractivity contribution in [3.05, 3.63) is 39.4 Å². The lowest BCUT2D eigenvalue weighted by Gasteiger charge is -2.04. The van der Waals surface area contributed by atoms with Crippen LogP contribution in [0.4, 0.5) is 5.69 Å². The molecule has 18 heavy (non-hydrogen) atoms. The molecule has 7 heteroatoms. The first-order chi connectivity index (χ1) is 8.49. The second-order valence-electron chi connectivity index (χ2n) is 3.33. The largest absolute Gasteiger partial charge is 0.462 e. The summed E-state index contributed by atoms with van der Waals surface area (Å²) in [6.07, 6.45) is 0. The fourth-order valence-electron chi connectivity index (χ4n) is 1.32. The van der Waals surface area contributed by atoms with E-state index in [4.69, 9.17) is 4.74 Å². The molecule has 0 spiro atoms. The summed E-state index contributed by atoms with van der Waals surface area (Å²) in [6, 6.07) is 3.43. The number of amides is 1. The second-order valence-corrected chi connectivity index (χ2v) is 3.33. The monoisotopic (exact) mass is 252 g/mol. The zero-order valence-corrected chi connectivity index (χ0v) is 9.93. The number of carbonyl (C=O) groups is 2. The van der Waals surface area contributed by atoms with Crippen molar-refractivity contribution in [2.75, 3.05) is 13.7 Å². The molecule has 1 aromatic rings. The first-order valence-electron chi connectivity index (χ1n) is 5.18. The smallest absolute Gasteiger partial charge is 0.338 e. The van der Waals surface area contributed by atoms with Crippen LogP contribution in [-0.2, 0) is 4.74 Å². The Balaban J connectivity index is 3.26. The predicted octanol–water partition coefficient (Wildman–Crippen LogP) is 1.13.